The topological polar surface area (TPSA) is 26.2 Å². The van der Waals surface area contributed by atoms with Crippen molar-refractivity contribution in [3.8, 4) is 5.75 Å². The third-order valence-electron chi connectivity index (χ3n) is 4.15. The van der Waals surface area contributed by atoms with Gasteiger partial charge in [-0.2, -0.15) is 0 Å². The molecule has 1 aromatic heterocycles. The Morgan fingerprint density at radius 1 is 1.37 bits per heavy atom. The zero-order chi connectivity index (χ0) is 13.2. The standard InChI is InChI=1S/C16H22N2O/c1-18-11-12(10-13-6-3-4-9-17-13)14-7-5-8-15(19-2)16(14)18/h5,7-8,11,13,17H,3-4,6,9-10H2,1-2H3. The normalized spacial score (nSPS) is 19.8. The molecule has 1 fully saturated rings. The Hall–Kier alpha value is -1.48. The summed E-state index contributed by atoms with van der Waals surface area (Å²) in [5, 5.41) is 4.96. The van der Waals surface area contributed by atoms with Crippen LogP contribution in [0.5, 0.6) is 5.75 Å². The number of piperidine rings is 1. The third kappa shape index (κ3) is 2.35. The van der Waals surface area contributed by atoms with Crippen LogP contribution in [-0.2, 0) is 13.5 Å². The van der Waals surface area contributed by atoms with E-state index in [9.17, 15) is 0 Å². The van der Waals surface area contributed by atoms with Gasteiger partial charge in [0.1, 0.15) is 5.75 Å². The van der Waals surface area contributed by atoms with Crippen LogP contribution in [0.25, 0.3) is 10.9 Å². The molecule has 0 radical (unpaired) electrons. The number of nitrogens with one attached hydrogen (secondary N) is 1. The van der Waals surface area contributed by atoms with E-state index in [0.717, 1.165) is 12.2 Å². The summed E-state index contributed by atoms with van der Waals surface area (Å²) in [5.74, 6) is 0.961. The number of ether oxygens (including phenoxy) is 1. The summed E-state index contributed by atoms with van der Waals surface area (Å²) in [7, 11) is 3.84. The predicted octanol–water partition coefficient (Wildman–Crippen LogP) is 2.87. The summed E-state index contributed by atoms with van der Waals surface area (Å²) in [4.78, 5) is 0. The summed E-state index contributed by atoms with van der Waals surface area (Å²) in [6.45, 7) is 1.17. The molecule has 1 saturated heterocycles. The summed E-state index contributed by atoms with van der Waals surface area (Å²) in [6.07, 6.45) is 7.33. The molecule has 1 aliphatic heterocycles. The monoisotopic (exact) mass is 258 g/mol. The molecule has 102 valence electrons. The molecule has 19 heavy (non-hydrogen) atoms. The summed E-state index contributed by atoms with van der Waals surface area (Å²) < 4.78 is 7.66. The van der Waals surface area contributed by atoms with Gasteiger partial charge in [0.05, 0.1) is 12.6 Å². The van der Waals surface area contributed by atoms with Gasteiger partial charge in [-0.15, -0.1) is 0 Å². The van der Waals surface area contributed by atoms with Gasteiger partial charge in [-0.3, -0.25) is 0 Å². The minimum Gasteiger partial charge on any atom is -0.495 e. The highest BCUT2D eigenvalue weighted by Gasteiger charge is 2.17. The molecule has 2 aromatic rings. The highest BCUT2D eigenvalue weighted by atomic mass is 16.5. The fourth-order valence-corrected chi connectivity index (χ4v) is 3.20. The maximum absolute atomic E-state index is 5.48. The number of hydrogen-bond acceptors (Lipinski definition) is 2. The van der Waals surface area contributed by atoms with E-state index in [-0.39, 0.29) is 0 Å². The van der Waals surface area contributed by atoms with Crippen LogP contribution in [0.15, 0.2) is 24.4 Å². The Morgan fingerprint density at radius 2 is 2.26 bits per heavy atom. The number of nitrogens with zero attached hydrogens (tertiary/aromatic N) is 1. The molecular weight excluding hydrogens is 236 g/mol. The summed E-state index contributed by atoms with van der Waals surface area (Å²) >= 11 is 0. The van der Waals surface area contributed by atoms with E-state index < -0.39 is 0 Å². The molecule has 1 aliphatic rings. The molecular formula is C16H22N2O. The van der Waals surface area contributed by atoms with Gasteiger partial charge in [-0.25, -0.2) is 0 Å². The molecule has 0 bridgehead atoms. The van der Waals surface area contributed by atoms with Crippen LogP contribution in [0.1, 0.15) is 24.8 Å². The van der Waals surface area contributed by atoms with Crippen LogP contribution in [0.4, 0.5) is 0 Å². The van der Waals surface area contributed by atoms with Crippen molar-refractivity contribution in [1.29, 1.82) is 0 Å². The van der Waals surface area contributed by atoms with E-state index in [1.807, 2.05) is 6.07 Å². The molecule has 3 nitrogen and oxygen atoms in total. The number of methoxy groups -OCH3 is 1. The van der Waals surface area contributed by atoms with E-state index in [1.54, 1.807) is 7.11 Å². The van der Waals surface area contributed by atoms with E-state index in [1.165, 1.54) is 42.3 Å². The van der Waals surface area contributed by atoms with Crippen molar-refractivity contribution >= 4 is 10.9 Å². The van der Waals surface area contributed by atoms with E-state index >= 15 is 0 Å². The fraction of sp³-hybridized carbons (Fsp3) is 0.500. The number of benzene rings is 1. The lowest BCUT2D eigenvalue weighted by molar-refractivity contribution is 0.400. The Kier molecular flexibility index (Phi) is 3.47. The van der Waals surface area contributed by atoms with Crippen LogP contribution in [0.3, 0.4) is 0 Å². The molecule has 3 heteroatoms. The van der Waals surface area contributed by atoms with Crippen LogP contribution in [0.2, 0.25) is 0 Å². The maximum Gasteiger partial charge on any atom is 0.143 e. The van der Waals surface area contributed by atoms with E-state index in [4.69, 9.17) is 4.74 Å². The van der Waals surface area contributed by atoms with Crippen molar-refractivity contribution in [3.05, 3.63) is 30.0 Å². The summed E-state index contributed by atoms with van der Waals surface area (Å²) in [6, 6.07) is 6.95. The lowest BCUT2D eigenvalue weighted by atomic mass is 9.97. The van der Waals surface area contributed by atoms with E-state index in [0.29, 0.717) is 6.04 Å². The second-order valence-electron chi connectivity index (χ2n) is 5.47. The minimum atomic E-state index is 0.630. The van der Waals surface area contributed by atoms with Crippen molar-refractivity contribution in [3.63, 3.8) is 0 Å². The molecule has 1 N–H and O–H groups in total. The quantitative estimate of drug-likeness (QED) is 0.916. The number of hydrogen-bond donors (Lipinski definition) is 1. The maximum atomic E-state index is 5.48. The van der Waals surface area contributed by atoms with Crippen molar-refractivity contribution in [2.75, 3.05) is 13.7 Å². The second kappa shape index (κ2) is 5.25. The molecule has 1 atom stereocenters. The minimum absolute atomic E-state index is 0.630. The van der Waals surface area contributed by atoms with Crippen LogP contribution < -0.4 is 10.1 Å². The summed E-state index contributed by atoms with van der Waals surface area (Å²) in [5.41, 5.74) is 2.63. The fourth-order valence-electron chi connectivity index (χ4n) is 3.20. The second-order valence-corrected chi connectivity index (χ2v) is 5.47. The predicted molar refractivity (Wildman–Crippen MR) is 78.8 cm³/mol. The Balaban J connectivity index is 1.95. The average Bonchev–Trinajstić information content (AvgIpc) is 2.77. The smallest absolute Gasteiger partial charge is 0.143 e. The first kappa shape index (κ1) is 12.5. The molecule has 2 heterocycles. The molecule has 1 aromatic carbocycles. The van der Waals surface area contributed by atoms with Crippen molar-refractivity contribution < 1.29 is 4.74 Å². The highest BCUT2D eigenvalue weighted by Crippen LogP contribution is 2.30. The van der Waals surface area contributed by atoms with Gasteiger partial charge >= 0.3 is 0 Å². The number of rotatable bonds is 3. The van der Waals surface area contributed by atoms with Gasteiger partial charge in [0.2, 0.25) is 0 Å². The van der Waals surface area contributed by atoms with Gasteiger partial charge in [0.15, 0.2) is 0 Å². The number of fused-ring (bicyclic) bond motifs is 1. The van der Waals surface area contributed by atoms with Crippen LogP contribution in [0, 0.1) is 0 Å². The zero-order valence-electron chi connectivity index (χ0n) is 11.8. The lowest BCUT2D eigenvalue weighted by Gasteiger charge is -2.23. The lowest BCUT2D eigenvalue weighted by Crippen LogP contribution is -2.35. The van der Waals surface area contributed by atoms with Gasteiger partial charge in [0, 0.05) is 24.7 Å². The van der Waals surface area contributed by atoms with Gasteiger partial charge in [-0.1, -0.05) is 18.6 Å². The van der Waals surface area contributed by atoms with Crippen molar-refractivity contribution in [2.24, 2.45) is 7.05 Å². The first-order chi connectivity index (χ1) is 9.29. The van der Waals surface area contributed by atoms with Crippen molar-refractivity contribution in [1.82, 2.24) is 9.88 Å². The molecule has 1 unspecified atom stereocenters. The molecule has 0 amide bonds. The Bertz CT molecular complexity index is 567. The zero-order valence-corrected chi connectivity index (χ0v) is 11.8. The first-order valence-electron chi connectivity index (χ1n) is 7.14. The SMILES string of the molecule is COc1cccc2c(CC3CCCCN3)cn(C)c12. The largest absolute Gasteiger partial charge is 0.495 e. The van der Waals surface area contributed by atoms with E-state index in [2.05, 4.69) is 35.3 Å². The van der Waals surface area contributed by atoms with Gasteiger partial charge in [0.25, 0.3) is 0 Å². The highest BCUT2D eigenvalue weighted by molar-refractivity contribution is 5.89. The molecule has 3 rings (SSSR count). The Labute approximate surface area is 114 Å². The Morgan fingerprint density at radius 3 is 3.00 bits per heavy atom. The molecule has 0 saturated carbocycles. The number of aryl methyl sites for hydroxylation is 1. The van der Waals surface area contributed by atoms with Gasteiger partial charge < -0.3 is 14.6 Å². The first-order valence-corrected chi connectivity index (χ1v) is 7.14. The van der Waals surface area contributed by atoms with Crippen LogP contribution in [-0.4, -0.2) is 24.3 Å². The molecule has 0 spiro atoms. The number of aromatic nitrogens is 1. The van der Waals surface area contributed by atoms with Crippen molar-refractivity contribution in [2.45, 2.75) is 31.7 Å². The average molecular weight is 258 g/mol. The third-order valence-corrected chi connectivity index (χ3v) is 4.15. The van der Waals surface area contributed by atoms with Crippen LogP contribution >= 0.6 is 0 Å². The molecule has 0 aliphatic carbocycles. The number of para-hydroxylation sites is 1. The van der Waals surface area contributed by atoms with Gasteiger partial charge in [-0.05, 0) is 37.4 Å².